The number of halogens is 3. The molecule has 0 radical (unpaired) electrons. The third-order valence-corrected chi connectivity index (χ3v) is 2.96. The van der Waals surface area contributed by atoms with E-state index in [-0.39, 0.29) is 23.0 Å². The average molecular weight is 337 g/mol. The monoisotopic (exact) mass is 336 g/mol. The van der Waals surface area contributed by atoms with E-state index >= 15 is 0 Å². The van der Waals surface area contributed by atoms with Gasteiger partial charge < -0.3 is 20.1 Å². The van der Waals surface area contributed by atoms with Crippen LogP contribution in [0.1, 0.15) is 20.8 Å². The maximum absolute atomic E-state index is 12.3. The summed E-state index contributed by atoms with van der Waals surface area (Å²) < 4.78 is 28.8. The van der Waals surface area contributed by atoms with Gasteiger partial charge in [-0.25, -0.2) is 4.79 Å². The van der Waals surface area contributed by atoms with Gasteiger partial charge in [-0.3, -0.25) is 0 Å². The van der Waals surface area contributed by atoms with Crippen LogP contribution in [0.4, 0.5) is 19.3 Å². The summed E-state index contributed by atoms with van der Waals surface area (Å²) >= 11 is 5.74. The Morgan fingerprint density at radius 2 is 2.14 bits per heavy atom. The van der Waals surface area contributed by atoms with Crippen molar-refractivity contribution in [2.24, 2.45) is 0 Å². The summed E-state index contributed by atoms with van der Waals surface area (Å²) in [5, 5.41) is 12.3. The minimum atomic E-state index is -3.01. The lowest BCUT2D eigenvalue weighted by Gasteiger charge is -2.28. The number of anilines is 1. The van der Waals surface area contributed by atoms with Crippen molar-refractivity contribution in [1.82, 2.24) is 4.90 Å². The first-order chi connectivity index (χ1) is 10.1. The van der Waals surface area contributed by atoms with Gasteiger partial charge in [0.15, 0.2) is 0 Å². The lowest BCUT2D eigenvalue weighted by atomic mass is 10.1. The molecular weight excluding hydrogens is 318 g/mol. The first-order valence-electron chi connectivity index (χ1n) is 6.65. The van der Waals surface area contributed by atoms with E-state index in [0.29, 0.717) is 6.54 Å². The maximum atomic E-state index is 12.3. The van der Waals surface area contributed by atoms with Crippen molar-refractivity contribution >= 4 is 23.3 Å². The highest BCUT2D eigenvalue weighted by Gasteiger charge is 2.21. The number of likely N-dealkylation sites (N-methyl/N-ethyl adjacent to an activating group) is 1. The van der Waals surface area contributed by atoms with Gasteiger partial charge in [0.2, 0.25) is 0 Å². The Morgan fingerprint density at radius 3 is 2.64 bits per heavy atom. The zero-order valence-corrected chi connectivity index (χ0v) is 13.3. The molecule has 1 aromatic carbocycles. The van der Waals surface area contributed by atoms with Crippen LogP contribution < -0.4 is 10.1 Å². The number of carbonyl (C=O) groups excluding carboxylic acids is 1. The molecule has 0 heterocycles. The smallest absolute Gasteiger partial charge is 0.387 e. The Bertz CT molecular complexity index is 521. The molecule has 124 valence electrons. The Balaban J connectivity index is 2.82. The fourth-order valence-electron chi connectivity index (χ4n) is 1.76. The number of nitrogens with zero attached hydrogens (tertiary/aromatic N) is 1. The summed E-state index contributed by atoms with van der Waals surface area (Å²) in [4.78, 5) is 13.5. The molecule has 5 nitrogen and oxygen atoms in total. The quantitative estimate of drug-likeness (QED) is 0.835. The van der Waals surface area contributed by atoms with Crippen LogP contribution in [-0.2, 0) is 0 Å². The number of amides is 2. The SMILES string of the molecule is CCN(CC(C)(C)O)C(=O)Nc1ccc(Cl)c(OC(F)F)c1. The predicted molar refractivity (Wildman–Crippen MR) is 80.6 cm³/mol. The van der Waals surface area contributed by atoms with Crippen LogP contribution in [0, 0.1) is 0 Å². The molecule has 0 atom stereocenters. The number of benzene rings is 1. The molecule has 0 spiro atoms. The Morgan fingerprint density at radius 1 is 1.50 bits per heavy atom. The number of hydrogen-bond acceptors (Lipinski definition) is 3. The summed E-state index contributed by atoms with van der Waals surface area (Å²) in [7, 11) is 0. The first kappa shape index (κ1) is 18.4. The number of alkyl halides is 2. The second kappa shape index (κ2) is 7.60. The van der Waals surface area contributed by atoms with Gasteiger partial charge in [-0.1, -0.05) is 11.6 Å². The number of hydrogen-bond donors (Lipinski definition) is 2. The second-order valence-electron chi connectivity index (χ2n) is 5.28. The molecule has 0 fully saturated rings. The van der Waals surface area contributed by atoms with E-state index in [1.807, 2.05) is 0 Å². The maximum Gasteiger partial charge on any atom is 0.387 e. The number of nitrogens with one attached hydrogen (secondary N) is 1. The van der Waals surface area contributed by atoms with Crippen molar-refractivity contribution in [3.05, 3.63) is 23.2 Å². The predicted octanol–water partition coefficient (Wildman–Crippen LogP) is 3.57. The summed E-state index contributed by atoms with van der Waals surface area (Å²) in [5.74, 6) is -0.222. The molecule has 0 aromatic heterocycles. The van der Waals surface area contributed by atoms with E-state index < -0.39 is 18.2 Å². The van der Waals surface area contributed by atoms with Gasteiger partial charge in [0, 0.05) is 18.3 Å². The number of aliphatic hydroxyl groups is 1. The van der Waals surface area contributed by atoms with Crippen LogP contribution in [0.2, 0.25) is 5.02 Å². The van der Waals surface area contributed by atoms with Gasteiger partial charge in [-0.05, 0) is 32.9 Å². The molecule has 2 amide bonds. The molecule has 8 heteroatoms. The molecule has 0 unspecified atom stereocenters. The Hall–Kier alpha value is -1.60. The minimum Gasteiger partial charge on any atom is -0.433 e. The van der Waals surface area contributed by atoms with Gasteiger partial charge in [-0.15, -0.1) is 0 Å². The van der Waals surface area contributed by atoms with Crippen LogP contribution in [0.5, 0.6) is 5.75 Å². The highest BCUT2D eigenvalue weighted by Crippen LogP contribution is 2.29. The van der Waals surface area contributed by atoms with Crippen molar-refractivity contribution in [2.75, 3.05) is 18.4 Å². The van der Waals surface area contributed by atoms with Crippen LogP contribution in [0.3, 0.4) is 0 Å². The molecule has 0 aliphatic rings. The third kappa shape index (κ3) is 6.03. The Labute approximate surface area is 132 Å². The third-order valence-electron chi connectivity index (χ3n) is 2.65. The van der Waals surface area contributed by atoms with Crippen LogP contribution >= 0.6 is 11.6 Å². The van der Waals surface area contributed by atoms with E-state index in [4.69, 9.17) is 11.6 Å². The molecule has 2 N–H and O–H groups in total. The molecule has 1 rings (SSSR count). The van der Waals surface area contributed by atoms with Crippen molar-refractivity contribution in [3.8, 4) is 5.75 Å². The van der Waals surface area contributed by atoms with Crippen molar-refractivity contribution in [1.29, 1.82) is 0 Å². The molecule has 22 heavy (non-hydrogen) atoms. The zero-order valence-electron chi connectivity index (χ0n) is 12.6. The molecular formula is C14H19ClF2N2O3. The van der Waals surface area contributed by atoms with Gasteiger partial charge in [-0.2, -0.15) is 8.78 Å². The minimum absolute atomic E-state index is 0.0159. The summed E-state index contributed by atoms with van der Waals surface area (Å²) in [5.41, 5.74) is -0.781. The van der Waals surface area contributed by atoms with Gasteiger partial charge in [0.05, 0.1) is 17.2 Å². The van der Waals surface area contributed by atoms with E-state index in [1.54, 1.807) is 20.8 Å². The Kier molecular flexibility index (Phi) is 6.37. The van der Waals surface area contributed by atoms with Crippen molar-refractivity contribution in [3.63, 3.8) is 0 Å². The average Bonchev–Trinajstić information content (AvgIpc) is 2.38. The zero-order chi connectivity index (χ0) is 16.9. The van der Waals surface area contributed by atoms with E-state index in [0.717, 1.165) is 0 Å². The first-order valence-corrected chi connectivity index (χ1v) is 7.03. The summed E-state index contributed by atoms with van der Waals surface area (Å²) in [6, 6.07) is 3.57. The highest BCUT2D eigenvalue weighted by molar-refractivity contribution is 6.32. The molecule has 0 saturated heterocycles. The highest BCUT2D eigenvalue weighted by atomic mass is 35.5. The van der Waals surface area contributed by atoms with Crippen LogP contribution in [0.15, 0.2) is 18.2 Å². The lowest BCUT2D eigenvalue weighted by Crippen LogP contribution is -2.44. The van der Waals surface area contributed by atoms with E-state index in [2.05, 4.69) is 10.1 Å². The number of rotatable bonds is 6. The topological polar surface area (TPSA) is 61.8 Å². The summed E-state index contributed by atoms with van der Waals surface area (Å²) in [6.07, 6.45) is 0. The van der Waals surface area contributed by atoms with Gasteiger partial charge in [0.25, 0.3) is 0 Å². The lowest BCUT2D eigenvalue weighted by molar-refractivity contribution is -0.0497. The number of ether oxygens (including phenoxy) is 1. The number of urea groups is 1. The molecule has 1 aromatic rings. The standard InChI is InChI=1S/C14H19ClF2N2O3/c1-4-19(8-14(2,3)21)13(20)18-9-5-6-10(15)11(7-9)22-12(16)17/h5-7,12,21H,4,8H2,1-3H3,(H,18,20). The van der Waals surface area contributed by atoms with Crippen molar-refractivity contribution < 1.29 is 23.4 Å². The van der Waals surface area contributed by atoms with E-state index in [9.17, 15) is 18.7 Å². The fraction of sp³-hybridized carbons (Fsp3) is 0.500. The van der Waals surface area contributed by atoms with E-state index in [1.165, 1.54) is 23.1 Å². The second-order valence-corrected chi connectivity index (χ2v) is 5.69. The molecule has 0 saturated carbocycles. The van der Waals surface area contributed by atoms with Gasteiger partial charge >= 0.3 is 12.6 Å². The van der Waals surface area contributed by atoms with Gasteiger partial charge in [0.1, 0.15) is 5.75 Å². The molecule has 0 aliphatic carbocycles. The van der Waals surface area contributed by atoms with Crippen molar-refractivity contribution in [2.45, 2.75) is 33.0 Å². The fourth-order valence-corrected chi connectivity index (χ4v) is 1.93. The molecule has 0 bridgehead atoms. The molecule has 0 aliphatic heterocycles. The largest absolute Gasteiger partial charge is 0.433 e. The van der Waals surface area contributed by atoms with Crippen LogP contribution in [0.25, 0.3) is 0 Å². The normalized spacial score (nSPS) is 11.5. The summed E-state index contributed by atoms with van der Waals surface area (Å²) in [6.45, 7) is 2.43. The number of carbonyl (C=O) groups is 1. The van der Waals surface area contributed by atoms with Crippen LogP contribution in [-0.4, -0.2) is 41.3 Å².